The van der Waals surface area contributed by atoms with E-state index in [1.807, 2.05) is 29.9 Å². The summed E-state index contributed by atoms with van der Waals surface area (Å²) in [4.78, 5) is 6.46. The van der Waals surface area contributed by atoms with Crippen molar-refractivity contribution < 1.29 is 5.11 Å². The van der Waals surface area contributed by atoms with Crippen molar-refractivity contribution in [1.29, 1.82) is 0 Å². The fourth-order valence-electron chi connectivity index (χ4n) is 3.24. The number of nitrogen functional groups attached to an aromatic ring is 1. The number of rotatable bonds is 4. The summed E-state index contributed by atoms with van der Waals surface area (Å²) in [5.41, 5.74) is 9.45. The molecular weight excluding hydrogens is 318 g/mol. The van der Waals surface area contributed by atoms with Gasteiger partial charge in [0.15, 0.2) is 0 Å². The summed E-state index contributed by atoms with van der Waals surface area (Å²) in [5.74, 6) is 0.578. The van der Waals surface area contributed by atoms with Gasteiger partial charge in [0.2, 0.25) is 0 Å². The van der Waals surface area contributed by atoms with E-state index < -0.39 is 6.10 Å². The average Bonchev–Trinajstić information content (AvgIpc) is 3.22. The van der Waals surface area contributed by atoms with Gasteiger partial charge in [-0.2, -0.15) is 10.2 Å². The normalized spacial score (nSPS) is 15.9. The van der Waals surface area contributed by atoms with Crippen molar-refractivity contribution in [3.8, 4) is 0 Å². The molecule has 8 nitrogen and oxygen atoms in total. The number of anilines is 1. The van der Waals surface area contributed by atoms with E-state index in [1.54, 1.807) is 23.1 Å². The molecule has 0 aliphatic carbocycles. The molecule has 0 radical (unpaired) electrons. The molecule has 4 rings (SSSR count). The fraction of sp³-hybridized carbons (Fsp3) is 0.353. The smallest absolute Gasteiger partial charge is 0.139 e. The second kappa shape index (κ2) is 6.30. The summed E-state index contributed by atoms with van der Waals surface area (Å²) in [7, 11) is 1.81. The van der Waals surface area contributed by atoms with Gasteiger partial charge in [0.1, 0.15) is 11.9 Å². The van der Waals surface area contributed by atoms with Crippen molar-refractivity contribution in [2.45, 2.75) is 25.7 Å². The van der Waals surface area contributed by atoms with Gasteiger partial charge >= 0.3 is 0 Å². The van der Waals surface area contributed by atoms with E-state index in [1.165, 1.54) is 0 Å². The largest absolute Gasteiger partial charge is 0.383 e. The quantitative estimate of drug-likeness (QED) is 0.726. The van der Waals surface area contributed by atoms with Crippen molar-refractivity contribution in [1.82, 2.24) is 29.4 Å². The summed E-state index contributed by atoms with van der Waals surface area (Å²) in [6.07, 6.45) is 2.61. The van der Waals surface area contributed by atoms with Crippen molar-refractivity contribution in [3.63, 3.8) is 0 Å². The Morgan fingerprint density at radius 3 is 2.92 bits per heavy atom. The van der Waals surface area contributed by atoms with Gasteiger partial charge in [0.25, 0.3) is 0 Å². The molecule has 0 saturated carbocycles. The number of aryl methyl sites for hydroxylation is 1. The van der Waals surface area contributed by atoms with Crippen LogP contribution in [0.3, 0.4) is 0 Å². The molecule has 0 saturated heterocycles. The van der Waals surface area contributed by atoms with Gasteiger partial charge in [0, 0.05) is 44.6 Å². The van der Waals surface area contributed by atoms with Crippen LogP contribution in [-0.4, -0.2) is 41.1 Å². The standard InChI is InChI=1S/C17H21N7O/c1-22-15(4-6-20-22)16(25)14-9-13-11-23(7-8-24(13)21-14)10-12-3-2-5-19-17(12)18/h2-6,9,16,25H,7-8,10-11H2,1H3,(H2,18,19)/t16-/m1/s1. The highest BCUT2D eigenvalue weighted by molar-refractivity contribution is 5.38. The van der Waals surface area contributed by atoms with Crippen LogP contribution in [-0.2, 0) is 26.7 Å². The maximum absolute atomic E-state index is 10.6. The van der Waals surface area contributed by atoms with E-state index in [2.05, 4.69) is 20.1 Å². The first-order chi connectivity index (χ1) is 12.1. The Balaban J connectivity index is 1.51. The van der Waals surface area contributed by atoms with E-state index in [4.69, 9.17) is 5.73 Å². The van der Waals surface area contributed by atoms with Crippen LogP contribution in [0.4, 0.5) is 5.82 Å². The lowest BCUT2D eigenvalue weighted by Gasteiger charge is -2.27. The number of hydrogen-bond acceptors (Lipinski definition) is 6. The lowest BCUT2D eigenvalue weighted by molar-refractivity contribution is 0.196. The van der Waals surface area contributed by atoms with Gasteiger partial charge < -0.3 is 10.8 Å². The van der Waals surface area contributed by atoms with Crippen molar-refractivity contribution in [2.75, 3.05) is 12.3 Å². The van der Waals surface area contributed by atoms with E-state index in [0.717, 1.165) is 43.1 Å². The second-order valence-electron chi connectivity index (χ2n) is 6.32. The minimum Gasteiger partial charge on any atom is -0.383 e. The predicted octanol–water partition coefficient (Wildman–Crippen LogP) is 0.691. The molecule has 0 amide bonds. The molecule has 0 unspecified atom stereocenters. The highest BCUT2D eigenvalue weighted by Crippen LogP contribution is 2.24. The number of nitrogens with zero attached hydrogens (tertiary/aromatic N) is 6. The van der Waals surface area contributed by atoms with E-state index in [0.29, 0.717) is 11.5 Å². The molecule has 4 heterocycles. The number of aliphatic hydroxyl groups excluding tert-OH is 1. The maximum atomic E-state index is 10.6. The first kappa shape index (κ1) is 15.8. The Bertz CT molecular complexity index is 885. The first-order valence-electron chi connectivity index (χ1n) is 8.26. The van der Waals surface area contributed by atoms with Gasteiger partial charge in [-0.3, -0.25) is 14.3 Å². The molecule has 3 N–H and O–H groups in total. The second-order valence-corrected chi connectivity index (χ2v) is 6.32. The maximum Gasteiger partial charge on any atom is 0.139 e. The number of hydrogen-bond donors (Lipinski definition) is 2. The summed E-state index contributed by atoms with van der Waals surface area (Å²) in [5, 5.41) is 19.3. The van der Waals surface area contributed by atoms with E-state index >= 15 is 0 Å². The molecule has 1 atom stereocenters. The van der Waals surface area contributed by atoms with E-state index in [-0.39, 0.29) is 0 Å². The van der Waals surface area contributed by atoms with Crippen LogP contribution in [0.25, 0.3) is 0 Å². The monoisotopic (exact) mass is 339 g/mol. The number of nitrogens with two attached hydrogens (primary N) is 1. The van der Waals surface area contributed by atoms with Gasteiger partial charge in [0.05, 0.1) is 23.6 Å². The zero-order valence-electron chi connectivity index (χ0n) is 14.1. The minimum absolute atomic E-state index is 0.578. The number of aromatic nitrogens is 5. The van der Waals surface area contributed by atoms with Gasteiger partial charge in [-0.1, -0.05) is 6.07 Å². The zero-order chi connectivity index (χ0) is 17.4. The van der Waals surface area contributed by atoms with Gasteiger partial charge in [-0.05, 0) is 18.2 Å². The van der Waals surface area contributed by atoms with Crippen LogP contribution in [0.1, 0.15) is 28.7 Å². The van der Waals surface area contributed by atoms with Crippen LogP contribution in [0.5, 0.6) is 0 Å². The van der Waals surface area contributed by atoms with Crippen LogP contribution in [0, 0.1) is 0 Å². The third-order valence-corrected chi connectivity index (χ3v) is 4.64. The molecule has 130 valence electrons. The summed E-state index contributed by atoms with van der Waals surface area (Å²) in [6.45, 7) is 3.18. The first-order valence-corrected chi connectivity index (χ1v) is 8.26. The molecule has 1 aliphatic heterocycles. The zero-order valence-corrected chi connectivity index (χ0v) is 14.1. The molecule has 8 heteroatoms. The molecule has 0 spiro atoms. The van der Waals surface area contributed by atoms with Crippen molar-refractivity contribution >= 4 is 5.82 Å². The summed E-state index contributed by atoms with van der Waals surface area (Å²) >= 11 is 0. The Morgan fingerprint density at radius 2 is 2.16 bits per heavy atom. The van der Waals surface area contributed by atoms with Crippen molar-refractivity contribution in [2.24, 2.45) is 7.05 Å². The topological polar surface area (TPSA) is 98.0 Å². The Morgan fingerprint density at radius 1 is 1.28 bits per heavy atom. The highest BCUT2D eigenvalue weighted by Gasteiger charge is 2.23. The predicted molar refractivity (Wildman–Crippen MR) is 92.3 cm³/mol. The summed E-state index contributed by atoms with van der Waals surface area (Å²) in [6, 6.07) is 7.69. The SMILES string of the molecule is Cn1nccc1[C@H](O)c1cc2n(n1)CCN(Cc1cccnc1N)C2. The molecule has 0 fully saturated rings. The number of aliphatic hydroxyl groups is 1. The third kappa shape index (κ3) is 3.01. The van der Waals surface area contributed by atoms with Gasteiger partial charge in [-0.15, -0.1) is 0 Å². The minimum atomic E-state index is -0.770. The van der Waals surface area contributed by atoms with Crippen molar-refractivity contribution in [3.05, 3.63) is 59.3 Å². The molecular formula is C17H21N7O. The Hall–Kier alpha value is -2.71. The van der Waals surface area contributed by atoms with Crippen LogP contribution < -0.4 is 5.73 Å². The van der Waals surface area contributed by atoms with Gasteiger partial charge in [-0.25, -0.2) is 4.98 Å². The fourth-order valence-corrected chi connectivity index (χ4v) is 3.24. The average molecular weight is 339 g/mol. The van der Waals surface area contributed by atoms with Crippen LogP contribution in [0.15, 0.2) is 36.7 Å². The molecule has 0 aromatic carbocycles. The highest BCUT2D eigenvalue weighted by atomic mass is 16.3. The lowest BCUT2D eigenvalue weighted by atomic mass is 10.1. The third-order valence-electron chi connectivity index (χ3n) is 4.64. The summed E-state index contributed by atoms with van der Waals surface area (Å²) < 4.78 is 3.64. The van der Waals surface area contributed by atoms with Crippen LogP contribution >= 0.6 is 0 Å². The molecule has 3 aromatic heterocycles. The molecule has 0 bridgehead atoms. The van der Waals surface area contributed by atoms with Crippen LogP contribution in [0.2, 0.25) is 0 Å². The number of fused-ring (bicyclic) bond motifs is 1. The molecule has 25 heavy (non-hydrogen) atoms. The lowest BCUT2D eigenvalue weighted by Crippen LogP contribution is -2.33. The Kier molecular flexibility index (Phi) is 3.98. The van der Waals surface area contributed by atoms with E-state index in [9.17, 15) is 5.11 Å². The molecule has 3 aromatic rings. The number of pyridine rings is 1. The Labute approximate surface area is 145 Å². The molecule has 1 aliphatic rings.